The van der Waals surface area contributed by atoms with Crippen LogP contribution < -0.4 is 10.5 Å². The van der Waals surface area contributed by atoms with Crippen LogP contribution in [0.25, 0.3) is 0 Å². The van der Waals surface area contributed by atoms with E-state index in [4.69, 9.17) is 5.73 Å². The van der Waals surface area contributed by atoms with E-state index in [9.17, 15) is 13.2 Å². The molecule has 1 aromatic rings. The number of carbonyl (C=O) groups excluding carboxylic acids is 1. The van der Waals surface area contributed by atoms with Crippen molar-refractivity contribution in [2.45, 2.75) is 37.5 Å². The molecule has 6 nitrogen and oxygen atoms in total. The average Bonchev–Trinajstić information content (AvgIpc) is 3.05. The van der Waals surface area contributed by atoms with E-state index in [2.05, 4.69) is 4.72 Å². The molecule has 2 rings (SSSR count). The summed E-state index contributed by atoms with van der Waals surface area (Å²) in [6, 6.07) is 8.50. The van der Waals surface area contributed by atoms with Gasteiger partial charge in [0.2, 0.25) is 15.9 Å². The third-order valence-electron chi connectivity index (χ3n) is 3.95. The van der Waals surface area contributed by atoms with Crippen LogP contribution in [-0.4, -0.2) is 44.9 Å². The van der Waals surface area contributed by atoms with Crippen molar-refractivity contribution < 1.29 is 13.2 Å². The first kappa shape index (κ1) is 17.9. The van der Waals surface area contributed by atoms with Gasteiger partial charge in [-0.3, -0.25) is 4.79 Å². The molecule has 0 aliphatic carbocycles. The number of amides is 1. The first-order chi connectivity index (χ1) is 11.0. The summed E-state index contributed by atoms with van der Waals surface area (Å²) in [5.74, 6) is -0.0540. The number of nitrogens with zero attached hydrogens (tertiary/aromatic N) is 1. The monoisotopic (exact) mass is 339 g/mol. The fraction of sp³-hybridized carbons (Fsp3) is 0.562. The van der Waals surface area contributed by atoms with E-state index in [-0.39, 0.29) is 11.7 Å². The van der Waals surface area contributed by atoms with Gasteiger partial charge < -0.3 is 10.6 Å². The second kappa shape index (κ2) is 8.42. The second-order valence-corrected chi connectivity index (χ2v) is 7.73. The Kier molecular flexibility index (Phi) is 6.56. The zero-order valence-electron chi connectivity index (χ0n) is 13.3. The van der Waals surface area contributed by atoms with Crippen molar-refractivity contribution >= 4 is 15.9 Å². The van der Waals surface area contributed by atoms with Gasteiger partial charge in [-0.2, -0.15) is 0 Å². The highest BCUT2D eigenvalue weighted by molar-refractivity contribution is 7.88. The van der Waals surface area contributed by atoms with Gasteiger partial charge in [0, 0.05) is 19.6 Å². The SMILES string of the molecule is NC(CCCNS(=O)(=O)Cc1ccccc1)C(=O)N1CCCC1. The summed E-state index contributed by atoms with van der Waals surface area (Å²) in [5, 5.41) is 0. The van der Waals surface area contributed by atoms with Gasteiger partial charge in [-0.15, -0.1) is 0 Å². The van der Waals surface area contributed by atoms with Gasteiger partial charge in [-0.05, 0) is 31.2 Å². The second-order valence-electron chi connectivity index (χ2n) is 5.92. The Morgan fingerprint density at radius 3 is 2.52 bits per heavy atom. The Morgan fingerprint density at radius 1 is 1.22 bits per heavy atom. The zero-order chi connectivity index (χ0) is 16.7. The molecule has 1 unspecified atom stereocenters. The number of sulfonamides is 1. The highest BCUT2D eigenvalue weighted by Gasteiger charge is 2.23. The molecule has 1 fully saturated rings. The Bertz CT molecular complexity index is 598. The summed E-state index contributed by atoms with van der Waals surface area (Å²) in [6.07, 6.45) is 3.12. The van der Waals surface area contributed by atoms with E-state index in [1.54, 1.807) is 17.0 Å². The molecule has 0 aromatic heterocycles. The molecule has 7 heteroatoms. The van der Waals surface area contributed by atoms with Crippen LogP contribution in [0, 0.1) is 0 Å². The number of nitrogens with one attached hydrogen (secondary N) is 1. The maximum Gasteiger partial charge on any atom is 0.239 e. The summed E-state index contributed by atoms with van der Waals surface area (Å²) in [5.41, 5.74) is 6.65. The number of hydrogen-bond donors (Lipinski definition) is 2. The predicted molar refractivity (Wildman–Crippen MR) is 90.1 cm³/mol. The van der Waals surface area contributed by atoms with E-state index >= 15 is 0 Å². The Labute approximate surface area is 138 Å². The number of rotatable bonds is 8. The van der Waals surface area contributed by atoms with E-state index < -0.39 is 16.1 Å². The molecule has 1 amide bonds. The minimum absolute atomic E-state index is 0.0188. The molecule has 0 saturated carbocycles. The van der Waals surface area contributed by atoms with Crippen molar-refractivity contribution in [3.63, 3.8) is 0 Å². The minimum atomic E-state index is -3.35. The molecule has 128 valence electrons. The van der Waals surface area contributed by atoms with Gasteiger partial charge in [0.05, 0.1) is 11.8 Å². The fourth-order valence-electron chi connectivity index (χ4n) is 2.69. The number of nitrogens with two attached hydrogens (primary N) is 1. The van der Waals surface area contributed by atoms with Crippen LogP contribution in [-0.2, 0) is 20.6 Å². The molecule has 1 saturated heterocycles. The summed E-state index contributed by atoms with van der Waals surface area (Å²) in [4.78, 5) is 13.8. The molecular weight excluding hydrogens is 314 g/mol. The third-order valence-corrected chi connectivity index (χ3v) is 5.31. The highest BCUT2D eigenvalue weighted by Crippen LogP contribution is 2.10. The van der Waals surface area contributed by atoms with Gasteiger partial charge in [0.25, 0.3) is 0 Å². The third kappa shape index (κ3) is 5.93. The number of likely N-dealkylation sites (tertiary alicyclic amines) is 1. The lowest BCUT2D eigenvalue weighted by Gasteiger charge is -2.20. The molecule has 0 radical (unpaired) electrons. The standard InChI is InChI=1S/C16H25N3O3S/c17-15(16(20)19-11-4-5-12-19)9-6-10-18-23(21,22)13-14-7-2-1-3-8-14/h1-3,7-8,15,18H,4-6,9-13,17H2. The Hall–Kier alpha value is -1.44. The van der Waals surface area contributed by atoms with Crippen LogP contribution in [0.15, 0.2) is 30.3 Å². The summed E-state index contributed by atoms with van der Waals surface area (Å²) in [6.45, 7) is 1.88. The first-order valence-corrected chi connectivity index (χ1v) is 9.69. The number of hydrogen-bond acceptors (Lipinski definition) is 4. The van der Waals surface area contributed by atoms with Crippen molar-refractivity contribution in [3.8, 4) is 0 Å². The maximum atomic E-state index is 12.0. The normalized spacial score (nSPS) is 16.5. The lowest BCUT2D eigenvalue weighted by Crippen LogP contribution is -2.42. The zero-order valence-corrected chi connectivity index (χ0v) is 14.1. The van der Waals surface area contributed by atoms with E-state index in [1.807, 2.05) is 18.2 Å². The predicted octanol–water partition coefficient (Wildman–Crippen LogP) is 0.836. The first-order valence-electron chi connectivity index (χ1n) is 8.03. The Balaban J connectivity index is 1.68. The van der Waals surface area contributed by atoms with Gasteiger partial charge in [-0.25, -0.2) is 13.1 Å². The van der Waals surface area contributed by atoms with E-state index in [1.165, 1.54) is 0 Å². The van der Waals surface area contributed by atoms with Crippen molar-refractivity contribution in [3.05, 3.63) is 35.9 Å². The maximum absolute atomic E-state index is 12.0. The molecular formula is C16H25N3O3S. The van der Waals surface area contributed by atoms with Gasteiger partial charge in [0.1, 0.15) is 0 Å². The molecule has 23 heavy (non-hydrogen) atoms. The molecule has 1 aromatic carbocycles. The van der Waals surface area contributed by atoms with Crippen LogP contribution in [0.2, 0.25) is 0 Å². The molecule has 0 spiro atoms. The van der Waals surface area contributed by atoms with Crippen molar-refractivity contribution in [1.29, 1.82) is 0 Å². The summed E-state index contributed by atoms with van der Waals surface area (Å²) >= 11 is 0. The fourth-order valence-corrected chi connectivity index (χ4v) is 3.88. The van der Waals surface area contributed by atoms with E-state index in [0.717, 1.165) is 31.5 Å². The van der Waals surface area contributed by atoms with Crippen LogP contribution in [0.1, 0.15) is 31.2 Å². The largest absolute Gasteiger partial charge is 0.341 e. The van der Waals surface area contributed by atoms with Crippen LogP contribution in [0.5, 0.6) is 0 Å². The van der Waals surface area contributed by atoms with Gasteiger partial charge in [-0.1, -0.05) is 30.3 Å². The van der Waals surface area contributed by atoms with Gasteiger partial charge >= 0.3 is 0 Å². The molecule has 0 bridgehead atoms. The smallest absolute Gasteiger partial charge is 0.239 e. The quantitative estimate of drug-likeness (QED) is 0.686. The van der Waals surface area contributed by atoms with Gasteiger partial charge in [0.15, 0.2) is 0 Å². The summed E-state index contributed by atoms with van der Waals surface area (Å²) in [7, 11) is -3.35. The minimum Gasteiger partial charge on any atom is -0.341 e. The molecule has 1 aliphatic heterocycles. The van der Waals surface area contributed by atoms with Crippen LogP contribution in [0.3, 0.4) is 0 Å². The average molecular weight is 339 g/mol. The van der Waals surface area contributed by atoms with E-state index in [0.29, 0.717) is 19.4 Å². The molecule has 3 N–H and O–H groups in total. The van der Waals surface area contributed by atoms with Crippen LogP contribution >= 0.6 is 0 Å². The highest BCUT2D eigenvalue weighted by atomic mass is 32.2. The molecule has 1 heterocycles. The number of carbonyl (C=O) groups is 1. The van der Waals surface area contributed by atoms with Crippen molar-refractivity contribution in [2.24, 2.45) is 5.73 Å². The summed E-state index contributed by atoms with van der Waals surface area (Å²) < 4.78 is 26.5. The van der Waals surface area contributed by atoms with Crippen molar-refractivity contribution in [2.75, 3.05) is 19.6 Å². The number of benzene rings is 1. The van der Waals surface area contributed by atoms with Crippen molar-refractivity contribution in [1.82, 2.24) is 9.62 Å². The lowest BCUT2D eigenvalue weighted by atomic mass is 10.1. The Morgan fingerprint density at radius 2 is 1.87 bits per heavy atom. The molecule has 1 atom stereocenters. The lowest BCUT2D eigenvalue weighted by molar-refractivity contribution is -0.131. The van der Waals surface area contributed by atoms with Crippen LogP contribution in [0.4, 0.5) is 0 Å². The molecule has 1 aliphatic rings. The topological polar surface area (TPSA) is 92.5 Å².